The molecule has 0 heterocycles. The molecular weight excluding hydrogens is 467 g/mol. The van der Waals surface area contributed by atoms with Crippen LogP contribution in [0.2, 0.25) is 0 Å². The number of amides is 3. The largest absolute Gasteiger partial charge is 0.377 e. The van der Waals surface area contributed by atoms with E-state index in [0.717, 1.165) is 22.4 Å². The molecule has 7 heteroatoms. The summed E-state index contributed by atoms with van der Waals surface area (Å²) >= 11 is 0. The molecule has 1 unspecified atom stereocenters. The molecule has 6 nitrogen and oxygen atoms in total. The van der Waals surface area contributed by atoms with Gasteiger partial charge < -0.3 is 20.4 Å². The van der Waals surface area contributed by atoms with E-state index in [-0.39, 0.29) is 29.7 Å². The molecule has 3 rings (SSSR count). The van der Waals surface area contributed by atoms with Gasteiger partial charge in [0.25, 0.3) is 0 Å². The summed E-state index contributed by atoms with van der Waals surface area (Å²) < 4.78 is 13.6. The Bertz CT molecular complexity index is 1180. The number of halogens is 1. The zero-order chi connectivity index (χ0) is 26.9. The van der Waals surface area contributed by atoms with Crippen LogP contribution in [0.4, 0.5) is 20.6 Å². The number of urea groups is 1. The molecule has 1 atom stereocenters. The first-order valence-corrected chi connectivity index (χ1v) is 12.6. The van der Waals surface area contributed by atoms with E-state index in [1.165, 1.54) is 12.1 Å². The maximum Gasteiger partial charge on any atom is 0.319 e. The molecular formula is C30H37FN4O2. The quantitative estimate of drug-likeness (QED) is 0.348. The maximum absolute atomic E-state index is 14.0. The molecule has 0 aliphatic rings. The summed E-state index contributed by atoms with van der Waals surface area (Å²) in [6.45, 7) is 6.47. The number of carbonyl (C=O) groups excluding carboxylic acids is 2. The molecule has 0 aliphatic heterocycles. The first-order valence-electron chi connectivity index (χ1n) is 12.6. The summed E-state index contributed by atoms with van der Waals surface area (Å²) in [5.41, 5.74) is 4.29. The number of benzene rings is 3. The molecule has 0 saturated heterocycles. The Morgan fingerprint density at radius 1 is 0.919 bits per heavy atom. The molecule has 0 bridgehead atoms. The number of hydrogen-bond donors (Lipinski definition) is 2. The Morgan fingerprint density at radius 3 is 2.19 bits per heavy atom. The van der Waals surface area contributed by atoms with Crippen molar-refractivity contribution in [2.24, 2.45) is 0 Å². The number of nitrogens with zero attached hydrogens (tertiary/aromatic N) is 2. The van der Waals surface area contributed by atoms with Crippen LogP contribution in [0.25, 0.3) is 0 Å². The van der Waals surface area contributed by atoms with Gasteiger partial charge in [-0.05, 0) is 67.3 Å². The predicted molar refractivity (Wildman–Crippen MR) is 148 cm³/mol. The zero-order valence-corrected chi connectivity index (χ0v) is 22.3. The third-order valence-corrected chi connectivity index (χ3v) is 6.11. The highest BCUT2D eigenvalue weighted by Crippen LogP contribution is 2.29. The second kappa shape index (κ2) is 12.9. The van der Waals surface area contributed by atoms with E-state index in [2.05, 4.69) is 10.6 Å². The summed E-state index contributed by atoms with van der Waals surface area (Å²) in [6, 6.07) is 21.4. The summed E-state index contributed by atoms with van der Waals surface area (Å²) in [5, 5.41) is 5.71. The van der Waals surface area contributed by atoms with Crippen LogP contribution in [0, 0.1) is 5.82 Å². The summed E-state index contributed by atoms with van der Waals surface area (Å²) in [7, 11) is 3.89. The molecule has 3 aromatic rings. The topological polar surface area (TPSA) is 64.7 Å². The van der Waals surface area contributed by atoms with E-state index in [4.69, 9.17) is 0 Å². The van der Waals surface area contributed by atoms with Gasteiger partial charge >= 0.3 is 6.03 Å². The first kappa shape index (κ1) is 27.7. The van der Waals surface area contributed by atoms with Crippen LogP contribution in [-0.4, -0.2) is 37.0 Å². The summed E-state index contributed by atoms with van der Waals surface area (Å²) in [4.78, 5) is 30.1. The van der Waals surface area contributed by atoms with Crippen molar-refractivity contribution < 1.29 is 14.0 Å². The van der Waals surface area contributed by atoms with Gasteiger partial charge in [-0.3, -0.25) is 4.79 Å². The highest BCUT2D eigenvalue weighted by atomic mass is 19.1. The number of hydrogen-bond acceptors (Lipinski definition) is 3. The van der Waals surface area contributed by atoms with E-state index in [0.29, 0.717) is 25.2 Å². The van der Waals surface area contributed by atoms with Crippen LogP contribution in [0.15, 0.2) is 72.8 Å². The van der Waals surface area contributed by atoms with Crippen molar-refractivity contribution in [2.75, 3.05) is 24.3 Å². The Labute approximate surface area is 219 Å². The molecule has 3 aromatic carbocycles. The Balaban J connectivity index is 1.97. The first-order chi connectivity index (χ1) is 17.7. The lowest BCUT2D eigenvalue weighted by Gasteiger charge is -2.29. The van der Waals surface area contributed by atoms with E-state index in [1.807, 2.05) is 93.2 Å². The lowest BCUT2D eigenvalue weighted by molar-refractivity contribution is -0.134. The third kappa shape index (κ3) is 7.81. The van der Waals surface area contributed by atoms with Crippen LogP contribution < -0.4 is 15.5 Å². The lowest BCUT2D eigenvalue weighted by atomic mass is 9.94. The molecule has 37 heavy (non-hydrogen) atoms. The minimum absolute atomic E-state index is 0.00126. The molecule has 2 N–H and O–H groups in total. The second-order valence-electron chi connectivity index (χ2n) is 9.68. The highest BCUT2D eigenvalue weighted by molar-refractivity contribution is 5.90. The summed E-state index contributed by atoms with van der Waals surface area (Å²) in [6.07, 6.45) is 0.653. The van der Waals surface area contributed by atoms with Crippen molar-refractivity contribution >= 4 is 23.3 Å². The van der Waals surface area contributed by atoms with Crippen molar-refractivity contribution in [3.8, 4) is 0 Å². The van der Waals surface area contributed by atoms with Crippen LogP contribution in [0.3, 0.4) is 0 Å². The molecule has 0 spiro atoms. The molecule has 0 fully saturated rings. The van der Waals surface area contributed by atoms with Gasteiger partial charge in [-0.2, -0.15) is 0 Å². The van der Waals surface area contributed by atoms with Crippen LogP contribution >= 0.6 is 0 Å². The van der Waals surface area contributed by atoms with Crippen molar-refractivity contribution in [2.45, 2.75) is 52.2 Å². The van der Waals surface area contributed by atoms with Crippen molar-refractivity contribution in [3.05, 3.63) is 95.3 Å². The molecule has 0 saturated carbocycles. The van der Waals surface area contributed by atoms with E-state index in [1.54, 1.807) is 12.1 Å². The SMILES string of the molecule is CCC(C(=O)N(Cc1ccc(F)cc1)Cc1cc(NC(=O)NC(C)C)ccc1N(C)C)c1ccccc1. The Kier molecular flexibility index (Phi) is 9.66. The minimum atomic E-state index is -0.314. The van der Waals surface area contributed by atoms with Crippen molar-refractivity contribution in [1.29, 1.82) is 0 Å². The average molecular weight is 505 g/mol. The fourth-order valence-electron chi connectivity index (χ4n) is 4.34. The standard InChI is InChI=1S/C30H37FN4O2/c1-6-27(23-10-8-7-9-11-23)29(36)35(19-22-12-14-25(31)15-13-22)20-24-18-26(16-17-28(24)34(4)5)33-30(37)32-21(2)3/h7-18,21,27H,6,19-20H2,1-5H3,(H2,32,33,37). The van der Waals surface area contributed by atoms with E-state index < -0.39 is 0 Å². The smallest absolute Gasteiger partial charge is 0.319 e. The predicted octanol–water partition coefficient (Wildman–Crippen LogP) is 6.14. The third-order valence-electron chi connectivity index (χ3n) is 6.11. The highest BCUT2D eigenvalue weighted by Gasteiger charge is 2.26. The maximum atomic E-state index is 14.0. The van der Waals surface area contributed by atoms with Crippen molar-refractivity contribution in [1.82, 2.24) is 10.2 Å². The fraction of sp³-hybridized carbons (Fsp3) is 0.333. The van der Waals surface area contributed by atoms with Gasteiger partial charge in [0.05, 0.1) is 5.92 Å². The van der Waals surface area contributed by atoms with Crippen LogP contribution in [-0.2, 0) is 17.9 Å². The average Bonchev–Trinajstić information content (AvgIpc) is 2.85. The van der Waals surface area contributed by atoms with Crippen LogP contribution in [0.1, 0.15) is 49.8 Å². The lowest BCUT2D eigenvalue weighted by Crippen LogP contribution is -2.35. The van der Waals surface area contributed by atoms with Gasteiger partial charge in [0.2, 0.25) is 5.91 Å². The minimum Gasteiger partial charge on any atom is -0.377 e. The number of carbonyl (C=O) groups is 2. The number of nitrogens with one attached hydrogen (secondary N) is 2. The molecule has 0 radical (unpaired) electrons. The number of rotatable bonds is 10. The van der Waals surface area contributed by atoms with Gasteiger partial charge in [-0.15, -0.1) is 0 Å². The molecule has 0 aromatic heterocycles. The van der Waals surface area contributed by atoms with E-state index >= 15 is 0 Å². The summed E-state index contributed by atoms with van der Waals surface area (Å²) in [5.74, 6) is -0.619. The van der Waals surface area contributed by atoms with Gasteiger partial charge in [-0.1, -0.05) is 49.4 Å². The van der Waals surface area contributed by atoms with E-state index in [9.17, 15) is 14.0 Å². The molecule has 3 amide bonds. The molecule has 0 aliphatic carbocycles. The van der Waals surface area contributed by atoms with Gasteiger partial charge in [0.15, 0.2) is 0 Å². The van der Waals surface area contributed by atoms with Crippen molar-refractivity contribution in [3.63, 3.8) is 0 Å². The Morgan fingerprint density at radius 2 is 1.59 bits per heavy atom. The zero-order valence-electron chi connectivity index (χ0n) is 22.3. The number of anilines is 2. The monoisotopic (exact) mass is 504 g/mol. The van der Waals surface area contributed by atoms with Gasteiger partial charge in [-0.25, -0.2) is 9.18 Å². The Hall–Kier alpha value is -3.87. The normalized spacial score (nSPS) is 11.6. The second-order valence-corrected chi connectivity index (χ2v) is 9.68. The molecule has 196 valence electrons. The fourth-order valence-corrected chi connectivity index (χ4v) is 4.34. The van der Waals surface area contributed by atoms with Crippen LogP contribution in [0.5, 0.6) is 0 Å². The van der Waals surface area contributed by atoms with Gasteiger partial charge in [0.1, 0.15) is 5.82 Å². The van der Waals surface area contributed by atoms with Gasteiger partial charge in [0, 0.05) is 44.6 Å².